The Labute approximate surface area is 113 Å². The van der Waals surface area contributed by atoms with Gasteiger partial charge in [0, 0.05) is 31.9 Å². The van der Waals surface area contributed by atoms with Crippen molar-refractivity contribution in [2.45, 2.75) is 12.3 Å². The van der Waals surface area contributed by atoms with Gasteiger partial charge < -0.3 is 14.9 Å². The largest absolute Gasteiger partial charge is 0.481 e. The van der Waals surface area contributed by atoms with E-state index in [1.54, 1.807) is 0 Å². The normalized spacial score (nSPS) is 27.3. The Morgan fingerprint density at radius 1 is 1.26 bits per heavy atom. The number of anilines is 1. The van der Waals surface area contributed by atoms with Gasteiger partial charge in [-0.1, -0.05) is 12.1 Å². The van der Waals surface area contributed by atoms with Crippen LogP contribution in [0.3, 0.4) is 0 Å². The molecule has 1 aromatic rings. The summed E-state index contributed by atoms with van der Waals surface area (Å²) in [6, 6.07) is 8.43. The molecule has 102 valence electrons. The Hall–Kier alpha value is -1.55. The van der Waals surface area contributed by atoms with Gasteiger partial charge in [-0.3, -0.25) is 4.79 Å². The number of aliphatic carboxylic acids is 1. The number of hydrogen-bond donors (Lipinski definition) is 1. The lowest BCUT2D eigenvalue weighted by Gasteiger charge is -2.34. The number of carboxylic acid groups (broad SMARTS) is 1. The molecule has 0 bridgehead atoms. The van der Waals surface area contributed by atoms with Crippen molar-refractivity contribution in [1.29, 1.82) is 0 Å². The summed E-state index contributed by atoms with van der Waals surface area (Å²) in [7, 11) is 2.15. The van der Waals surface area contributed by atoms with Crippen LogP contribution in [0.1, 0.15) is 17.9 Å². The Morgan fingerprint density at radius 3 is 2.63 bits per heavy atom. The molecular formula is C15H20N2O2. The number of nitrogens with zero attached hydrogens (tertiary/aromatic N) is 2. The maximum atomic E-state index is 11.0. The van der Waals surface area contributed by atoms with Gasteiger partial charge in [0.25, 0.3) is 0 Å². The Bertz CT molecular complexity index is 481. The number of rotatable bonds is 3. The molecule has 1 aliphatic carbocycles. The molecule has 2 atom stereocenters. The first-order valence-corrected chi connectivity index (χ1v) is 6.91. The predicted octanol–water partition coefficient (Wildman–Crippen LogP) is 1.63. The number of carbonyl (C=O) groups is 1. The Morgan fingerprint density at radius 2 is 2.00 bits per heavy atom. The fraction of sp³-hybridized carbons (Fsp3) is 0.533. The molecule has 0 aromatic heterocycles. The first-order chi connectivity index (χ1) is 9.15. The fourth-order valence-electron chi connectivity index (χ4n) is 2.85. The van der Waals surface area contributed by atoms with Crippen molar-refractivity contribution in [3.63, 3.8) is 0 Å². The molecule has 4 heteroatoms. The maximum absolute atomic E-state index is 11.0. The van der Waals surface area contributed by atoms with Crippen LogP contribution in [0.2, 0.25) is 0 Å². The zero-order chi connectivity index (χ0) is 13.4. The minimum atomic E-state index is -0.657. The average molecular weight is 260 g/mol. The molecule has 19 heavy (non-hydrogen) atoms. The molecule has 2 unspecified atom stereocenters. The summed E-state index contributed by atoms with van der Waals surface area (Å²) in [5, 5.41) is 9.02. The second-order valence-electron chi connectivity index (χ2n) is 5.67. The van der Waals surface area contributed by atoms with Crippen molar-refractivity contribution in [3.05, 3.63) is 29.8 Å². The Kier molecular flexibility index (Phi) is 3.19. The molecule has 1 saturated carbocycles. The number of hydrogen-bond acceptors (Lipinski definition) is 3. The van der Waals surface area contributed by atoms with Crippen LogP contribution in [-0.4, -0.2) is 49.2 Å². The van der Waals surface area contributed by atoms with Crippen molar-refractivity contribution < 1.29 is 9.90 Å². The minimum Gasteiger partial charge on any atom is -0.481 e. The lowest BCUT2D eigenvalue weighted by atomic mass is 10.1. The van der Waals surface area contributed by atoms with Gasteiger partial charge in [0.1, 0.15) is 0 Å². The quantitative estimate of drug-likeness (QED) is 0.897. The van der Waals surface area contributed by atoms with Gasteiger partial charge in [-0.15, -0.1) is 0 Å². The van der Waals surface area contributed by atoms with Crippen molar-refractivity contribution in [3.8, 4) is 0 Å². The van der Waals surface area contributed by atoms with Gasteiger partial charge in [-0.25, -0.2) is 0 Å². The zero-order valence-electron chi connectivity index (χ0n) is 11.2. The average Bonchev–Trinajstić information content (AvgIpc) is 3.20. The second-order valence-corrected chi connectivity index (χ2v) is 5.67. The second kappa shape index (κ2) is 4.85. The molecule has 1 saturated heterocycles. The smallest absolute Gasteiger partial charge is 0.307 e. The van der Waals surface area contributed by atoms with Gasteiger partial charge in [0.15, 0.2) is 0 Å². The monoisotopic (exact) mass is 260 g/mol. The van der Waals surface area contributed by atoms with Crippen LogP contribution < -0.4 is 4.90 Å². The first-order valence-electron chi connectivity index (χ1n) is 6.91. The summed E-state index contributed by atoms with van der Waals surface area (Å²) in [6.45, 7) is 4.27. The summed E-state index contributed by atoms with van der Waals surface area (Å²) in [4.78, 5) is 15.7. The maximum Gasteiger partial charge on any atom is 0.307 e. The molecule has 2 aliphatic rings. The van der Waals surface area contributed by atoms with Crippen molar-refractivity contribution >= 4 is 11.7 Å². The number of likely N-dealkylation sites (N-methyl/N-ethyl adjacent to an activating group) is 1. The van der Waals surface area contributed by atoms with Crippen LogP contribution in [0.15, 0.2) is 24.3 Å². The van der Waals surface area contributed by atoms with E-state index in [2.05, 4.69) is 41.1 Å². The summed E-state index contributed by atoms with van der Waals surface area (Å²) in [5.74, 6) is -0.595. The Balaban J connectivity index is 1.72. The molecular weight excluding hydrogens is 240 g/mol. The topological polar surface area (TPSA) is 43.8 Å². The number of benzene rings is 1. The van der Waals surface area contributed by atoms with Crippen LogP contribution in [0.25, 0.3) is 0 Å². The summed E-state index contributed by atoms with van der Waals surface area (Å²) >= 11 is 0. The molecule has 1 aliphatic heterocycles. The zero-order valence-corrected chi connectivity index (χ0v) is 11.2. The fourth-order valence-corrected chi connectivity index (χ4v) is 2.85. The highest BCUT2D eigenvalue weighted by molar-refractivity contribution is 5.75. The first kappa shape index (κ1) is 12.5. The SMILES string of the molecule is CN1CCN(c2cccc(C3CC3C(=O)O)c2)CC1. The van der Waals surface area contributed by atoms with E-state index in [4.69, 9.17) is 5.11 Å². The summed E-state index contributed by atoms with van der Waals surface area (Å²) in [6.07, 6.45) is 0.793. The highest BCUT2D eigenvalue weighted by Crippen LogP contribution is 2.48. The predicted molar refractivity (Wildman–Crippen MR) is 74.6 cm³/mol. The lowest BCUT2D eigenvalue weighted by Crippen LogP contribution is -2.44. The third-order valence-electron chi connectivity index (χ3n) is 4.27. The number of piperazine rings is 1. The van der Waals surface area contributed by atoms with E-state index in [1.807, 2.05) is 0 Å². The van der Waals surface area contributed by atoms with Crippen molar-refractivity contribution in [2.75, 3.05) is 38.1 Å². The van der Waals surface area contributed by atoms with Gasteiger partial charge in [-0.2, -0.15) is 0 Å². The third kappa shape index (κ3) is 2.59. The van der Waals surface area contributed by atoms with E-state index < -0.39 is 5.97 Å². The van der Waals surface area contributed by atoms with Gasteiger partial charge in [0.05, 0.1) is 5.92 Å². The van der Waals surface area contributed by atoms with Crippen molar-refractivity contribution in [2.24, 2.45) is 5.92 Å². The van der Waals surface area contributed by atoms with E-state index in [0.717, 1.165) is 32.6 Å². The van der Waals surface area contributed by atoms with E-state index in [0.29, 0.717) is 0 Å². The van der Waals surface area contributed by atoms with Gasteiger partial charge >= 0.3 is 5.97 Å². The summed E-state index contributed by atoms with van der Waals surface area (Å²) in [5.41, 5.74) is 2.42. The lowest BCUT2D eigenvalue weighted by molar-refractivity contribution is -0.138. The summed E-state index contributed by atoms with van der Waals surface area (Å²) < 4.78 is 0. The molecule has 0 spiro atoms. The van der Waals surface area contributed by atoms with E-state index in [1.165, 1.54) is 11.3 Å². The molecule has 4 nitrogen and oxygen atoms in total. The van der Waals surface area contributed by atoms with E-state index in [9.17, 15) is 4.79 Å². The molecule has 1 heterocycles. The molecule has 0 radical (unpaired) electrons. The van der Waals surface area contributed by atoms with Crippen LogP contribution in [0.5, 0.6) is 0 Å². The van der Waals surface area contributed by atoms with E-state index in [-0.39, 0.29) is 11.8 Å². The minimum absolute atomic E-state index is 0.164. The molecule has 3 rings (SSSR count). The van der Waals surface area contributed by atoms with Crippen LogP contribution in [-0.2, 0) is 4.79 Å². The number of carboxylic acids is 1. The van der Waals surface area contributed by atoms with Crippen LogP contribution in [0.4, 0.5) is 5.69 Å². The molecule has 0 amide bonds. The third-order valence-corrected chi connectivity index (χ3v) is 4.27. The molecule has 1 aromatic carbocycles. The van der Waals surface area contributed by atoms with Crippen molar-refractivity contribution in [1.82, 2.24) is 4.90 Å². The molecule has 2 fully saturated rings. The highest BCUT2D eigenvalue weighted by atomic mass is 16.4. The van der Waals surface area contributed by atoms with Gasteiger partial charge in [-0.05, 0) is 37.1 Å². The van der Waals surface area contributed by atoms with Crippen LogP contribution >= 0.6 is 0 Å². The van der Waals surface area contributed by atoms with Gasteiger partial charge in [0.2, 0.25) is 0 Å². The standard InChI is InChI=1S/C15H20N2O2/c1-16-5-7-17(8-6-16)12-4-2-3-11(9-12)13-10-14(13)15(18)19/h2-4,9,13-14H,5-8,10H2,1H3,(H,18,19). The van der Waals surface area contributed by atoms with Crippen LogP contribution in [0, 0.1) is 5.92 Å². The van der Waals surface area contributed by atoms with E-state index >= 15 is 0 Å². The highest BCUT2D eigenvalue weighted by Gasteiger charge is 2.44. The molecule has 1 N–H and O–H groups in total.